The van der Waals surface area contributed by atoms with E-state index in [0.717, 1.165) is 10.2 Å². The number of aromatic nitrogens is 3. The van der Waals surface area contributed by atoms with Crippen LogP contribution in [0.1, 0.15) is 0 Å². The highest BCUT2D eigenvalue weighted by Crippen LogP contribution is 2.26. The zero-order valence-electron chi connectivity index (χ0n) is 7.65. The van der Waals surface area contributed by atoms with Gasteiger partial charge in [0.15, 0.2) is 0 Å². The maximum absolute atomic E-state index is 11.8. The van der Waals surface area contributed by atoms with Crippen molar-refractivity contribution in [3.05, 3.63) is 38.7 Å². The first-order valence-electron chi connectivity index (χ1n) is 4.30. The zero-order valence-corrected chi connectivity index (χ0v) is 9.97. The lowest BCUT2D eigenvalue weighted by Crippen LogP contribution is -2.15. The van der Waals surface area contributed by atoms with Crippen molar-refractivity contribution in [3.63, 3.8) is 0 Å². The zero-order chi connectivity index (χ0) is 11.3. The van der Waals surface area contributed by atoms with Gasteiger partial charge in [-0.05, 0) is 18.2 Å². The van der Waals surface area contributed by atoms with Crippen LogP contribution < -0.4 is 5.56 Å². The van der Waals surface area contributed by atoms with Gasteiger partial charge in [0.1, 0.15) is 0 Å². The summed E-state index contributed by atoms with van der Waals surface area (Å²) in [5, 5.41) is 7.93. The first-order valence-corrected chi connectivity index (χ1v) is 5.87. The summed E-state index contributed by atoms with van der Waals surface area (Å²) in [5.41, 5.74) is 0.381. The Labute approximate surface area is 103 Å². The summed E-state index contributed by atoms with van der Waals surface area (Å²) >= 11 is 12.9. The van der Waals surface area contributed by atoms with Crippen LogP contribution in [-0.4, -0.2) is 14.6 Å². The van der Waals surface area contributed by atoms with Crippen LogP contribution in [0.15, 0.2) is 23.0 Å². The second-order valence-electron chi connectivity index (χ2n) is 3.13. The number of halogens is 2. The highest BCUT2D eigenvalue weighted by Gasteiger charge is 2.10. The lowest BCUT2D eigenvalue weighted by Gasteiger charge is -1.94. The van der Waals surface area contributed by atoms with E-state index < -0.39 is 0 Å². The topological polar surface area (TPSA) is 47.3 Å². The lowest BCUT2D eigenvalue weighted by molar-refractivity contribution is 0.972. The SMILES string of the molecule is O=c1c(Cl)nnc2sc3cc(Cl)ccc3n12. The fourth-order valence-electron chi connectivity index (χ4n) is 1.48. The van der Waals surface area contributed by atoms with Crippen molar-refractivity contribution in [1.82, 2.24) is 14.6 Å². The monoisotopic (exact) mass is 271 g/mol. The molecule has 0 saturated carbocycles. The molecule has 0 aliphatic rings. The molecule has 3 rings (SSSR count). The summed E-state index contributed by atoms with van der Waals surface area (Å²) in [7, 11) is 0. The van der Waals surface area contributed by atoms with Gasteiger partial charge in [-0.15, -0.1) is 10.2 Å². The number of benzene rings is 1. The maximum Gasteiger partial charge on any atom is 0.297 e. The van der Waals surface area contributed by atoms with Crippen LogP contribution in [0.3, 0.4) is 0 Å². The van der Waals surface area contributed by atoms with Crippen LogP contribution in [0.2, 0.25) is 10.2 Å². The average Bonchev–Trinajstić information content (AvgIpc) is 2.61. The largest absolute Gasteiger partial charge is 0.297 e. The fourth-order valence-corrected chi connectivity index (χ4v) is 2.84. The molecular formula is C9H3Cl2N3OS. The third-order valence-electron chi connectivity index (χ3n) is 2.16. The minimum atomic E-state index is -0.361. The van der Waals surface area contributed by atoms with Crippen LogP contribution in [0.25, 0.3) is 15.2 Å². The predicted octanol–water partition coefficient (Wildman–Crippen LogP) is 2.61. The minimum absolute atomic E-state index is 0.132. The van der Waals surface area contributed by atoms with Gasteiger partial charge >= 0.3 is 0 Å². The van der Waals surface area contributed by atoms with E-state index >= 15 is 0 Å². The van der Waals surface area contributed by atoms with Crippen molar-refractivity contribution in [2.24, 2.45) is 0 Å². The van der Waals surface area contributed by atoms with Gasteiger partial charge in [0.2, 0.25) is 10.1 Å². The summed E-state index contributed by atoms with van der Waals surface area (Å²) in [6.07, 6.45) is 0. The third-order valence-corrected chi connectivity index (χ3v) is 3.62. The summed E-state index contributed by atoms with van der Waals surface area (Å²) in [4.78, 5) is 12.3. The molecule has 0 aliphatic carbocycles. The van der Waals surface area contributed by atoms with E-state index in [4.69, 9.17) is 23.2 Å². The molecule has 0 saturated heterocycles. The molecule has 80 valence electrons. The smallest absolute Gasteiger partial charge is 0.265 e. The lowest BCUT2D eigenvalue weighted by atomic mass is 10.3. The second-order valence-corrected chi connectivity index (χ2v) is 4.93. The highest BCUT2D eigenvalue weighted by molar-refractivity contribution is 7.23. The molecule has 0 aliphatic heterocycles. The first kappa shape index (κ1) is 10.0. The molecule has 1 aromatic carbocycles. The Balaban J connectivity index is 2.63. The normalized spacial score (nSPS) is 11.4. The van der Waals surface area contributed by atoms with Crippen LogP contribution >= 0.6 is 34.5 Å². The Morgan fingerprint density at radius 2 is 2.06 bits per heavy atom. The molecule has 0 unspecified atom stereocenters. The van der Waals surface area contributed by atoms with Gasteiger partial charge in [-0.25, -0.2) is 4.40 Å². The van der Waals surface area contributed by atoms with E-state index in [1.807, 2.05) is 0 Å². The van der Waals surface area contributed by atoms with Crippen LogP contribution in [-0.2, 0) is 0 Å². The van der Waals surface area contributed by atoms with Gasteiger partial charge in [-0.2, -0.15) is 0 Å². The number of rotatable bonds is 0. The molecule has 0 bridgehead atoms. The Hall–Kier alpha value is -1.17. The molecule has 0 spiro atoms. The van der Waals surface area contributed by atoms with Gasteiger partial charge < -0.3 is 0 Å². The average molecular weight is 272 g/mol. The number of fused-ring (bicyclic) bond motifs is 3. The Bertz CT molecular complexity index is 764. The van der Waals surface area contributed by atoms with Crippen molar-refractivity contribution in [1.29, 1.82) is 0 Å². The Morgan fingerprint density at radius 3 is 2.88 bits per heavy atom. The molecule has 2 heterocycles. The molecule has 0 fully saturated rings. The van der Waals surface area contributed by atoms with E-state index in [0.29, 0.717) is 9.98 Å². The second kappa shape index (κ2) is 3.41. The Kier molecular flexibility index (Phi) is 2.14. The third kappa shape index (κ3) is 1.32. The molecular weight excluding hydrogens is 269 g/mol. The van der Waals surface area contributed by atoms with Crippen molar-refractivity contribution < 1.29 is 0 Å². The summed E-state index contributed by atoms with van der Waals surface area (Å²) in [6, 6.07) is 5.26. The fraction of sp³-hybridized carbons (Fsp3) is 0. The molecule has 0 amide bonds. The number of hydrogen-bond acceptors (Lipinski definition) is 4. The summed E-state index contributed by atoms with van der Waals surface area (Å²) in [6.45, 7) is 0. The van der Waals surface area contributed by atoms with E-state index in [9.17, 15) is 4.79 Å². The van der Waals surface area contributed by atoms with E-state index in [1.54, 1.807) is 18.2 Å². The van der Waals surface area contributed by atoms with E-state index in [1.165, 1.54) is 15.7 Å². The maximum atomic E-state index is 11.8. The van der Waals surface area contributed by atoms with Crippen molar-refractivity contribution in [2.75, 3.05) is 0 Å². The van der Waals surface area contributed by atoms with Crippen LogP contribution in [0.4, 0.5) is 0 Å². The van der Waals surface area contributed by atoms with Gasteiger partial charge in [0.25, 0.3) is 5.56 Å². The molecule has 16 heavy (non-hydrogen) atoms. The highest BCUT2D eigenvalue weighted by atomic mass is 35.5. The summed E-state index contributed by atoms with van der Waals surface area (Å²) in [5.74, 6) is 0. The van der Waals surface area contributed by atoms with Crippen molar-refractivity contribution in [3.8, 4) is 0 Å². The van der Waals surface area contributed by atoms with Crippen LogP contribution in [0.5, 0.6) is 0 Å². The molecule has 4 nitrogen and oxygen atoms in total. The van der Waals surface area contributed by atoms with Crippen molar-refractivity contribution in [2.45, 2.75) is 0 Å². The minimum Gasteiger partial charge on any atom is -0.265 e. The van der Waals surface area contributed by atoms with E-state index in [-0.39, 0.29) is 10.7 Å². The quantitative estimate of drug-likeness (QED) is 0.632. The van der Waals surface area contributed by atoms with E-state index in [2.05, 4.69) is 10.2 Å². The molecule has 0 atom stereocenters. The number of hydrogen-bond donors (Lipinski definition) is 0. The predicted molar refractivity (Wildman–Crippen MR) is 64.7 cm³/mol. The number of nitrogens with zero attached hydrogens (tertiary/aromatic N) is 3. The van der Waals surface area contributed by atoms with Gasteiger partial charge in [-0.1, -0.05) is 34.5 Å². The standard InChI is InChI=1S/C9H3Cl2N3OS/c10-4-1-2-5-6(3-4)16-9-13-12-7(11)8(15)14(5)9/h1-3H. The van der Waals surface area contributed by atoms with Gasteiger partial charge in [0.05, 0.1) is 10.2 Å². The van der Waals surface area contributed by atoms with Crippen LogP contribution in [0, 0.1) is 0 Å². The molecule has 3 aromatic rings. The molecule has 0 radical (unpaired) electrons. The molecule has 7 heteroatoms. The van der Waals surface area contributed by atoms with Gasteiger partial charge in [-0.3, -0.25) is 4.79 Å². The number of thiazole rings is 1. The van der Waals surface area contributed by atoms with Gasteiger partial charge in [0, 0.05) is 5.02 Å². The Morgan fingerprint density at radius 1 is 1.25 bits per heavy atom. The first-order chi connectivity index (χ1) is 7.66. The van der Waals surface area contributed by atoms with Crippen molar-refractivity contribution >= 4 is 49.7 Å². The molecule has 2 aromatic heterocycles. The molecule has 0 N–H and O–H groups in total. The summed E-state index contributed by atoms with van der Waals surface area (Å²) < 4.78 is 2.31.